The van der Waals surface area contributed by atoms with Crippen LogP contribution >= 0.6 is 0 Å². The SMILES string of the molecule is CCCCCCC/C=C\C/C=C\CCCCCCCCCCCCCCCCCC(=O)OCC(COC(=O)CCCCCCC/C=C\CCCCCCCCC)OC(=O)CCCCCCCCC/C=C\CCCCCCCC. The summed E-state index contributed by atoms with van der Waals surface area (Å²) in [6, 6.07) is 0. The lowest BCUT2D eigenvalue weighted by atomic mass is 10.0. The maximum atomic E-state index is 12.9. The Bertz CT molecular complexity index is 1350. The highest BCUT2D eigenvalue weighted by atomic mass is 16.6. The summed E-state index contributed by atoms with van der Waals surface area (Å²) in [7, 11) is 0. The van der Waals surface area contributed by atoms with Crippen LogP contribution in [0.4, 0.5) is 0 Å². The molecule has 0 radical (unpaired) electrons. The Morgan fingerprint density at radius 2 is 0.462 bits per heavy atom. The van der Waals surface area contributed by atoms with Crippen molar-refractivity contribution in [2.75, 3.05) is 13.2 Å². The van der Waals surface area contributed by atoms with Crippen molar-refractivity contribution in [3.05, 3.63) is 48.6 Å². The van der Waals surface area contributed by atoms with Gasteiger partial charge in [-0.1, -0.05) is 301 Å². The van der Waals surface area contributed by atoms with E-state index in [4.69, 9.17) is 14.2 Å². The number of esters is 3. The maximum Gasteiger partial charge on any atom is 0.306 e. The summed E-state index contributed by atoms with van der Waals surface area (Å²) in [6.45, 7) is 6.67. The van der Waals surface area contributed by atoms with Crippen LogP contribution in [0, 0.1) is 0 Å². The van der Waals surface area contributed by atoms with Gasteiger partial charge in [0.25, 0.3) is 0 Å². The third-order valence-corrected chi connectivity index (χ3v) is 15.5. The lowest BCUT2D eigenvalue weighted by Crippen LogP contribution is -2.30. The van der Waals surface area contributed by atoms with Crippen LogP contribution in [0.2, 0.25) is 0 Å². The van der Waals surface area contributed by atoms with Crippen LogP contribution in [0.25, 0.3) is 0 Å². The second kappa shape index (κ2) is 66.9. The number of rotatable bonds is 64. The minimum atomic E-state index is -0.779. The molecule has 1 unspecified atom stereocenters. The first-order chi connectivity index (χ1) is 38.5. The van der Waals surface area contributed by atoms with Crippen LogP contribution < -0.4 is 0 Å². The fourth-order valence-corrected chi connectivity index (χ4v) is 10.3. The molecule has 0 aromatic carbocycles. The monoisotopic (exact) mass is 1090 g/mol. The summed E-state index contributed by atoms with van der Waals surface area (Å²) in [6.07, 6.45) is 84.2. The van der Waals surface area contributed by atoms with E-state index in [1.807, 2.05) is 0 Å². The number of carbonyl (C=O) groups excluding carboxylic acids is 3. The van der Waals surface area contributed by atoms with Crippen molar-refractivity contribution < 1.29 is 28.6 Å². The number of allylic oxidation sites excluding steroid dienone is 8. The molecule has 456 valence electrons. The number of carbonyl (C=O) groups is 3. The predicted octanol–water partition coefficient (Wildman–Crippen LogP) is 23.7. The van der Waals surface area contributed by atoms with E-state index in [-0.39, 0.29) is 31.1 Å². The molecule has 0 spiro atoms. The molecule has 6 nitrogen and oxygen atoms in total. The second-order valence-electron chi connectivity index (χ2n) is 23.4. The molecule has 0 aliphatic rings. The van der Waals surface area contributed by atoms with E-state index in [0.717, 1.165) is 70.6 Å². The Hall–Kier alpha value is -2.63. The molecule has 0 bridgehead atoms. The molecule has 0 rings (SSSR count). The molecule has 0 aliphatic heterocycles. The van der Waals surface area contributed by atoms with E-state index < -0.39 is 6.10 Å². The van der Waals surface area contributed by atoms with Gasteiger partial charge in [-0.25, -0.2) is 0 Å². The smallest absolute Gasteiger partial charge is 0.306 e. The van der Waals surface area contributed by atoms with Gasteiger partial charge in [-0.3, -0.25) is 14.4 Å². The van der Waals surface area contributed by atoms with Crippen molar-refractivity contribution >= 4 is 17.9 Å². The summed E-state index contributed by atoms with van der Waals surface area (Å²) in [5.74, 6) is -0.864. The molecule has 0 heterocycles. The number of hydrogen-bond donors (Lipinski definition) is 0. The summed E-state index contributed by atoms with van der Waals surface area (Å²) in [4.78, 5) is 38.4. The van der Waals surface area contributed by atoms with Gasteiger partial charge in [0.2, 0.25) is 0 Å². The number of hydrogen-bond acceptors (Lipinski definition) is 6. The fraction of sp³-hybridized carbons (Fsp3) is 0.847. The van der Waals surface area contributed by atoms with Crippen molar-refractivity contribution in [2.24, 2.45) is 0 Å². The van der Waals surface area contributed by atoms with E-state index in [1.54, 1.807) is 0 Å². The van der Waals surface area contributed by atoms with Crippen LogP contribution in [-0.2, 0) is 28.6 Å². The molecular weight excluding hydrogens is 961 g/mol. The Labute approximate surface area is 486 Å². The number of ether oxygens (including phenoxy) is 3. The lowest BCUT2D eigenvalue weighted by Gasteiger charge is -2.18. The Morgan fingerprint density at radius 3 is 0.718 bits per heavy atom. The predicted molar refractivity (Wildman–Crippen MR) is 339 cm³/mol. The summed E-state index contributed by atoms with van der Waals surface area (Å²) in [5.41, 5.74) is 0. The van der Waals surface area contributed by atoms with Gasteiger partial charge in [-0.15, -0.1) is 0 Å². The van der Waals surface area contributed by atoms with Gasteiger partial charge < -0.3 is 14.2 Å². The molecule has 0 amide bonds. The molecule has 1 atom stereocenters. The summed E-state index contributed by atoms with van der Waals surface area (Å²) < 4.78 is 17.0. The highest BCUT2D eigenvalue weighted by Gasteiger charge is 2.19. The standard InChI is InChI=1S/C72H132O6/c1-4-7-10-13-16-19-22-25-28-31-32-33-34-35-36-37-38-39-40-42-44-47-50-53-56-59-62-65-71(74)77-68-69(67-76-70(73)64-61-58-55-52-49-46-43-30-27-24-21-18-15-12-9-6-3)78-72(75)66-63-60-57-54-51-48-45-41-29-26-23-20-17-14-11-8-5-2/h22,25-26,29-32,43,69H,4-21,23-24,27-28,33-42,44-68H2,1-3H3/b25-22-,29-26-,32-31-,43-30-. The maximum absolute atomic E-state index is 12.9. The first-order valence-corrected chi connectivity index (χ1v) is 34.6. The van der Waals surface area contributed by atoms with E-state index in [0.29, 0.717) is 19.3 Å². The second-order valence-corrected chi connectivity index (χ2v) is 23.4. The third kappa shape index (κ3) is 64.2. The zero-order valence-corrected chi connectivity index (χ0v) is 52.5. The largest absolute Gasteiger partial charge is 0.462 e. The van der Waals surface area contributed by atoms with Crippen LogP contribution in [0.5, 0.6) is 0 Å². The third-order valence-electron chi connectivity index (χ3n) is 15.5. The van der Waals surface area contributed by atoms with Crippen LogP contribution in [0.1, 0.15) is 374 Å². The van der Waals surface area contributed by atoms with E-state index in [2.05, 4.69) is 69.4 Å². The van der Waals surface area contributed by atoms with Crippen molar-refractivity contribution in [2.45, 2.75) is 380 Å². The summed E-state index contributed by atoms with van der Waals surface area (Å²) >= 11 is 0. The highest BCUT2D eigenvalue weighted by molar-refractivity contribution is 5.71. The molecule has 0 saturated heterocycles. The molecule has 6 heteroatoms. The Morgan fingerprint density at radius 1 is 0.256 bits per heavy atom. The minimum Gasteiger partial charge on any atom is -0.462 e. The molecule has 0 aliphatic carbocycles. The van der Waals surface area contributed by atoms with Gasteiger partial charge >= 0.3 is 17.9 Å². The quantitative estimate of drug-likeness (QED) is 0.0261. The Kier molecular flexibility index (Phi) is 64.6. The molecule has 0 N–H and O–H groups in total. The average molecular weight is 1090 g/mol. The van der Waals surface area contributed by atoms with E-state index in [9.17, 15) is 14.4 Å². The zero-order valence-electron chi connectivity index (χ0n) is 52.5. The van der Waals surface area contributed by atoms with Gasteiger partial charge in [0.15, 0.2) is 6.10 Å². The zero-order chi connectivity index (χ0) is 56.4. The normalized spacial score (nSPS) is 12.3. The van der Waals surface area contributed by atoms with E-state index >= 15 is 0 Å². The summed E-state index contributed by atoms with van der Waals surface area (Å²) in [5, 5.41) is 0. The number of unbranched alkanes of at least 4 members (excludes halogenated alkanes) is 45. The average Bonchev–Trinajstić information content (AvgIpc) is 3.44. The van der Waals surface area contributed by atoms with Crippen molar-refractivity contribution in [3.8, 4) is 0 Å². The minimum absolute atomic E-state index is 0.0742. The first-order valence-electron chi connectivity index (χ1n) is 34.6. The fourth-order valence-electron chi connectivity index (χ4n) is 10.3. The first kappa shape index (κ1) is 75.4. The Balaban J connectivity index is 4.27. The molecular formula is C72H132O6. The lowest BCUT2D eigenvalue weighted by molar-refractivity contribution is -0.167. The molecule has 78 heavy (non-hydrogen) atoms. The molecule has 0 fully saturated rings. The highest BCUT2D eigenvalue weighted by Crippen LogP contribution is 2.17. The van der Waals surface area contributed by atoms with Gasteiger partial charge in [-0.2, -0.15) is 0 Å². The van der Waals surface area contributed by atoms with Crippen molar-refractivity contribution in [1.82, 2.24) is 0 Å². The molecule has 0 aromatic rings. The van der Waals surface area contributed by atoms with Gasteiger partial charge in [0.05, 0.1) is 0 Å². The van der Waals surface area contributed by atoms with Crippen LogP contribution in [0.15, 0.2) is 48.6 Å². The van der Waals surface area contributed by atoms with Crippen molar-refractivity contribution in [3.63, 3.8) is 0 Å². The van der Waals surface area contributed by atoms with Crippen LogP contribution in [-0.4, -0.2) is 37.2 Å². The van der Waals surface area contributed by atoms with E-state index in [1.165, 1.54) is 263 Å². The van der Waals surface area contributed by atoms with Crippen molar-refractivity contribution in [1.29, 1.82) is 0 Å². The molecule has 0 saturated carbocycles. The topological polar surface area (TPSA) is 78.9 Å². The van der Waals surface area contributed by atoms with Gasteiger partial charge in [0.1, 0.15) is 13.2 Å². The van der Waals surface area contributed by atoms with Gasteiger partial charge in [0, 0.05) is 19.3 Å². The van der Waals surface area contributed by atoms with Crippen LogP contribution in [0.3, 0.4) is 0 Å². The van der Waals surface area contributed by atoms with Gasteiger partial charge in [-0.05, 0) is 103 Å². The molecule has 0 aromatic heterocycles.